The molecule has 1 aromatic carbocycles. The average Bonchev–Trinajstić information content (AvgIpc) is 2.21. The van der Waals surface area contributed by atoms with Crippen LogP contribution >= 0.6 is 0 Å². The van der Waals surface area contributed by atoms with Gasteiger partial charge in [-0.1, -0.05) is 6.07 Å². The molecule has 0 bridgehead atoms. The number of rotatable bonds is 4. The van der Waals surface area contributed by atoms with Gasteiger partial charge >= 0.3 is 0 Å². The number of benzene rings is 1. The predicted octanol–water partition coefficient (Wildman–Crippen LogP) is 2.06. The van der Waals surface area contributed by atoms with Crippen LogP contribution in [0.4, 0.5) is 5.69 Å². The number of hydrogen-bond acceptors (Lipinski definition) is 4. The van der Waals surface area contributed by atoms with Crippen LogP contribution in [0.25, 0.3) is 0 Å². The van der Waals surface area contributed by atoms with Crippen molar-refractivity contribution in [1.82, 2.24) is 0 Å². The molecule has 0 fully saturated rings. The van der Waals surface area contributed by atoms with E-state index < -0.39 is 4.92 Å². The lowest BCUT2D eigenvalue weighted by Crippen LogP contribution is -2.00. The second-order valence-corrected chi connectivity index (χ2v) is 2.78. The lowest BCUT2D eigenvalue weighted by atomic mass is 10.1. The lowest BCUT2D eigenvalue weighted by molar-refractivity contribution is -0.385. The maximum absolute atomic E-state index is 10.7. The van der Waals surface area contributed by atoms with Crippen molar-refractivity contribution in [3.8, 4) is 11.8 Å². The Morgan fingerprint density at radius 3 is 2.87 bits per heavy atom. The molecule has 0 saturated carbocycles. The number of ether oxygens (including phenoxy) is 1. The molecule has 0 aliphatic rings. The number of nitrogens with zero attached hydrogens (tertiary/aromatic N) is 2. The molecule has 0 N–H and O–H groups in total. The molecule has 15 heavy (non-hydrogen) atoms. The van der Waals surface area contributed by atoms with Crippen LogP contribution < -0.4 is 4.74 Å². The standard InChI is InChI=1S/C10H10N2O3/c1-2-15-10-5-3-4-9(12(13)14)8(10)6-7-11/h3-5H,2,6H2,1H3. The number of hydrogen-bond donors (Lipinski definition) is 0. The second-order valence-electron chi connectivity index (χ2n) is 2.78. The molecule has 0 saturated heterocycles. The summed E-state index contributed by atoms with van der Waals surface area (Å²) in [4.78, 5) is 10.2. The van der Waals surface area contributed by atoms with E-state index in [4.69, 9.17) is 10.00 Å². The molecule has 78 valence electrons. The van der Waals surface area contributed by atoms with Crippen molar-refractivity contribution in [2.75, 3.05) is 6.61 Å². The Kier molecular flexibility index (Phi) is 3.63. The van der Waals surface area contributed by atoms with Gasteiger partial charge < -0.3 is 4.74 Å². The fraction of sp³-hybridized carbons (Fsp3) is 0.300. The van der Waals surface area contributed by atoms with E-state index >= 15 is 0 Å². The van der Waals surface area contributed by atoms with E-state index in [1.54, 1.807) is 19.1 Å². The topological polar surface area (TPSA) is 76.2 Å². The Balaban J connectivity index is 3.22. The Bertz CT molecular complexity index is 410. The molecule has 5 nitrogen and oxygen atoms in total. The van der Waals surface area contributed by atoms with Crippen LogP contribution in [0.1, 0.15) is 12.5 Å². The molecule has 0 aliphatic heterocycles. The van der Waals surface area contributed by atoms with Gasteiger partial charge in [0.15, 0.2) is 0 Å². The summed E-state index contributed by atoms with van der Waals surface area (Å²) < 4.78 is 5.22. The van der Waals surface area contributed by atoms with E-state index in [1.165, 1.54) is 6.07 Å². The first-order valence-electron chi connectivity index (χ1n) is 4.46. The number of nitro benzene ring substituents is 1. The van der Waals surface area contributed by atoms with Crippen molar-refractivity contribution in [2.24, 2.45) is 0 Å². The summed E-state index contributed by atoms with van der Waals surface area (Å²) in [5.41, 5.74) is 0.273. The molecule has 0 atom stereocenters. The molecule has 0 aliphatic carbocycles. The van der Waals surface area contributed by atoms with Crippen LogP contribution in [-0.2, 0) is 6.42 Å². The van der Waals surface area contributed by atoms with Crippen molar-refractivity contribution >= 4 is 5.69 Å². The highest BCUT2D eigenvalue weighted by Gasteiger charge is 2.17. The van der Waals surface area contributed by atoms with E-state index in [-0.39, 0.29) is 12.1 Å². The van der Waals surface area contributed by atoms with Crippen LogP contribution in [0.3, 0.4) is 0 Å². The molecule has 1 rings (SSSR count). The SMILES string of the molecule is CCOc1cccc([N+](=O)[O-])c1CC#N. The van der Waals surface area contributed by atoms with Gasteiger partial charge in [-0.15, -0.1) is 0 Å². The summed E-state index contributed by atoms with van der Waals surface area (Å²) >= 11 is 0. The minimum Gasteiger partial charge on any atom is -0.493 e. The Hall–Kier alpha value is -2.09. The van der Waals surface area contributed by atoms with Gasteiger partial charge in [-0.05, 0) is 13.0 Å². The first kappa shape index (κ1) is 11.0. The highest BCUT2D eigenvalue weighted by molar-refractivity contribution is 5.50. The van der Waals surface area contributed by atoms with E-state index in [2.05, 4.69) is 0 Å². The Morgan fingerprint density at radius 1 is 1.60 bits per heavy atom. The van der Waals surface area contributed by atoms with Gasteiger partial charge in [0.1, 0.15) is 5.75 Å². The predicted molar refractivity (Wildman–Crippen MR) is 53.6 cm³/mol. The molecule has 0 radical (unpaired) electrons. The molecular weight excluding hydrogens is 196 g/mol. The largest absolute Gasteiger partial charge is 0.493 e. The summed E-state index contributed by atoms with van der Waals surface area (Å²) in [6.07, 6.45) is -0.0213. The maximum Gasteiger partial charge on any atom is 0.277 e. The average molecular weight is 206 g/mol. The van der Waals surface area contributed by atoms with Gasteiger partial charge in [-0.3, -0.25) is 10.1 Å². The van der Waals surface area contributed by atoms with Gasteiger partial charge in [0.2, 0.25) is 0 Å². The van der Waals surface area contributed by atoms with Crippen LogP contribution in [-0.4, -0.2) is 11.5 Å². The lowest BCUT2D eigenvalue weighted by Gasteiger charge is -2.07. The van der Waals surface area contributed by atoms with Crippen LogP contribution in [0.15, 0.2) is 18.2 Å². The van der Waals surface area contributed by atoms with Crippen molar-refractivity contribution in [2.45, 2.75) is 13.3 Å². The summed E-state index contributed by atoms with van der Waals surface area (Å²) in [7, 11) is 0. The third-order valence-electron chi connectivity index (χ3n) is 1.86. The molecule has 0 heterocycles. The van der Waals surface area contributed by atoms with E-state index in [0.717, 1.165) is 0 Å². The zero-order valence-corrected chi connectivity index (χ0v) is 8.27. The smallest absolute Gasteiger partial charge is 0.277 e. The summed E-state index contributed by atoms with van der Waals surface area (Å²) in [6.45, 7) is 2.20. The van der Waals surface area contributed by atoms with Crippen LogP contribution in [0, 0.1) is 21.4 Å². The van der Waals surface area contributed by atoms with Gasteiger partial charge in [-0.2, -0.15) is 5.26 Å². The fourth-order valence-electron chi connectivity index (χ4n) is 1.27. The van der Waals surface area contributed by atoms with Gasteiger partial charge in [0, 0.05) is 6.07 Å². The van der Waals surface area contributed by atoms with Crippen molar-refractivity contribution in [1.29, 1.82) is 5.26 Å². The highest BCUT2D eigenvalue weighted by atomic mass is 16.6. The van der Waals surface area contributed by atoms with E-state index in [0.29, 0.717) is 17.9 Å². The quantitative estimate of drug-likeness (QED) is 0.558. The van der Waals surface area contributed by atoms with Crippen molar-refractivity contribution in [3.63, 3.8) is 0 Å². The summed E-state index contributed by atoms with van der Waals surface area (Å²) in [5.74, 6) is 0.410. The summed E-state index contributed by atoms with van der Waals surface area (Å²) in [5, 5.41) is 19.3. The highest BCUT2D eigenvalue weighted by Crippen LogP contribution is 2.28. The third kappa shape index (κ3) is 2.44. The molecule has 0 aromatic heterocycles. The number of nitro groups is 1. The second kappa shape index (κ2) is 4.96. The zero-order valence-electron chi connectivity index (χ0n) is 8.27. The molecule has 0 amide bonds. The van der Waals surface area contributed by atoms with Crippen LogP contribution in [0.2, 0.25) is 0 Å². The maximum atomic E-state index is 10.7. The summed E-state index contributed by atoms with van der Waals surface area (Å²) in [6, 6.07) is 6.44. The van der Waals surface area contributed by atoms with E-state index in [9.17, 15) is 10.1 Å². The molecule has 5 heteroatoms. The molecule has 0 spiro atoms. The first-order chi connectivity index (χ1) is 7.20. The Labute approximate surface area is 87.1 Å². The van der Waals surface area contributed by atoms with Crippen molar-refractivity contribution in [3.05, 3.63) is 33.9 Å². The van der Waals surface area contributed by atoms with Gasteiger partial charge in [0.05, 0.1) is 29.6 Å². The normalized spacial score (nSPS) is 9.33. The zero-order chi connectivity index (χ0) is 11.3. The minimum absolute atomic E-state index is 0.0213. The van der Waals surface area contributed by atoms with E-state index in [1.807, 2.05) is 6.07 Å². The molecule has 0 unspecified atom stereocenters. The van der Waals surface area contributed by atoms with Gasteiger partial charge in [0.25, 0.3) is 5.69 Å². The monoisotopic (exact) mass is 206 g/mol. The Morgan fingerprint density at radius 2 is 2.33 bits per heavy atom. The fourth-order valence-corrected chi connectivity index (χ4v) is 1.27. The minimum atomic E-state index is -0.505. The third-order valence-corrected chi connectivity index (χ3v) is 1.86. The van der Waals surface area contributed by atoms with Gasteiger partial charge in [-0.25, -0.2) is 0 Å². The number of nitriles is 1. The molecular formula is C10H10N2O3. The van der Waals surface area contributed by atoms with Crippen molar-refractivity contribution < 1.29 is 9.66 Å². The first-order valence-corrected chi connectivity index (χ1v) is 4.46. The van der Waals surface area contributed by atoms with Crippen LogP contribution in [0.5, 0.6) is 5.75 Å². The molecule has 1 aromatic rings.